The van der Waals surface area contributed by atoms with Gasteiger partial charge in [-0.05, 0) is 37.5 Å². The van der Waals surface area contributed by atoms with Crippen LogP contribution in [-0.2, 0) is 4.79 Å². The largest absolute Gasteiger partial charge is 0.392 e. The number of rotatable bonds is 2. The van der Waals surface area contributed by atoms with Gasteiger partial charge in [-0.3, -0.25) is 4.79 Å². The van der Waals surface area contributed by atoms with Crippen molar-refractivity contribution < 1.29 is 4.79 Å². The molecule has 1 saturated heterocycles. The Balaban J connectivity index is 1.69. The fourth-order valence-electron chi connectivity index (χ4n) is 4.18. The predicted octanol–water partition coefficient (Wildman–Crippen LogP) is 2.48. The minimum atomic E-state index is -0.475. The Kier molecular flexibility index (Phi) is 3.54. The van der Waals surface area contributed by atoms with Crippen molar-refractivity contribution in [3.8, 4) is 0 Å². The molecular formula is C15H24N2OS. The number of likely N-dealkylation sites (tertiary alicyclic amines) is 1. The van der Waals surface area contributed by atoms with Gasteiger partial charge in [-0.2, -0.15) is 0 Å². The van der Waals surface area contributed by atoms with Crippen molar-refractivity contribution in [1.29, 1.82) is 0 Å². The van der Waals surface area contributed by atoms with Gasteiger partial charge in [0.2, 0.25) is 5.91 Å². The van der Waals surface area contributed by atoms with Crippen LogP contribution in [0.5, 0.6) is 0 Å². The molecule has 1 amide bonds. The normalized spacial score (nSPS) is 33.2. The van der Waals surface area contributed by atoms with Crippen molar-refractivity contribution >= 4 is 23.1 Å². The molecule has 3 rings (SSSR count). The Bertz CT molecular complexity index is 392. The highest BCUT2D eigenvalue weighted by Gasteiger charge is 2.50. The third-order valence-electron chi connectivity index (χ3n) is 5.67. The molecule has 3 nitrogen and oxygen atoms in total. The van der Waals surface area contributed by atoms with Crippen molar-refractivity contribution in [3.63, 3.8) is 0 Å². The van der Waals surface area contributed by atoms with E-state index in [1.807, 2.05) is 0 Å². The monoisotopic (exact) mass is 280 g/mol. The molecule has 4 heteroatoms. The van der Waals surface area contributed by atoms with Crippen molar-refractivity contribution in [2.45, 2.75) is 51.4 Å². The van der Waals surface area contributed by atoms with Gasteiger partial charge in [0.25, 0.3) is 0 Å². The molecule has 2 aliphatic carbocycles. The smallest absolute Gasteiger partial charge is 0.235 e. The van der Waals surface area contributed by atoms with Crippen LogP contribution in [0.3, 0.4) is 0 Å². The van der Waals surface area contributed by atoms with Crippen molar-refractivity contribution in [2.75, 3.05) is 13.1 Å². The fraction of sp³-hybridized carbons (Fsp3) is 0.867. The topological polar surface area (TPSA) is 46.3 Å². The lowest BCUT2D eigenvalue weighted by molar-refractivity contribution is -0.145. The number of piperidine rings is 1. The van der Waals surface area contributed by atoms with E-state index in [0.29, 0.717) is 4.99 Å². The quantitative estimate of drug-likeness (QED) is 0.791. The van der Waals surface area contributed by atoms with E-state index in [1.54, 1.807) is 0 Å². The van der Waals surface area contributed by atoms with E-state index in [0.717, 1.165) is 44.2 Å². The van der Waals surface area contributed by atoms with E-state index in [9.17, 15) is 4.79 Å². The number of nitrogens with two attached hydrogens (primary N) is 1. The van der Waals surface area contributed by atoms with Crippen LogP contribution in [0, 0.1) is 17.3 Å². The lowest BCUT2D eigenvalue weighted by Crippen LogP contribution is -2.57. The minimum Gasteiger partial charge on any atom is -0.392 e. The summed E-state index contributed by atoms with van der Waals surface area (Å²) in [6.45, 7) is 1.87. The van der Waals surface area contributed by atoms with Gasteiger partial charge in [0.05, 0.1) is 10.4 Å². The zero-order valence-electron chi connectivity index (χ0n) is 11.6. The Morgan fingerprint density at radius 3 is 2.37 bits per heavy atom. The first kappa shape index (κ1) is 13.3. The molecule has 3 aliphatic rings. The van der Waals surface area contributed by atoms with E-state index in [2.05, 4.69) is 4.90 Å². The van der Waals surface area contributed by atoms with Gasteiger partial charge in [0.1, 0.15) is 0 Å². The SMILES string of the molecule is NC(=S)C1(C(=O)N2CCC3CCCCC3C2)CCC1. The van der Waals surface area contributed by atoms with Gasteiger partial charge < -0.3 is 10.6 Å². The third-order valence-corrected chi connectivity index (χ3v) is 6.06. The molecule has 2 saturated carbocycles. The number of carbonyl (C=O) groups is 1. The third kappa shape index (κ3) is 2.18. The van der Waals surface area contributed by atoms with E-state index >= 15 is 0 Å². The van der Waals surface area contributed by atoms with Crippen LogP contribution in [0.25, 0.3) is 0 Å². The average Bonchev–Trinajstić information content (AvgIpc) is 2.36. The lowest BCUT2D eigenvalue weighted by atomic mass is 9.67. The number of hydrogen-bond acceptors (Lipinski definition) is 2. The average molecular weight is 280 g/mol. The first-order chi connectivity index (χ1) is 9.13. The molecule has 19 heavy (non-hydrogen) atoms. The zero-order valence-corrected chi connectivity index (χ0v) is 12.4. The molecule has 0 radical (unpaired) electrons. The van der Waals surface area contributed by atoms with Crippen LogP contribution < -0.4 is 5.73 Å². The highest BCUT2D eigenvalue weighted by molar-refractivity contribution is 7.80. The van der Waals surface area contributed by atoms with E-state index < -0.39 is 5.41 Å². The maximum Gasteiger partial charge on any atom is 0.235 e. The van der Waals surface area contributed by atoms with Gasteiger partial charge in [-0.15, -0.1) is 0 Å². The summed E-state index contributed by atoms with van der Waals surface area (Å²) in [6.07, 6.45) is 9.39. The number of carbonyl (C=O) groups excluding carboxylic acids is 1. The Morgan fingerprint density at radius 2 is 1.79 bits per heavy atom. The molecule has 0 spiro atoms. The molecule has 0 aromatic heterocycles. The van der Waals surface area contributed by atoms with Gasteiger partial charge >= 0.3 is 0 Å². The predicted molar refractivity (Wildman–Crippen MR) is 79.7 cm³/mol. The number of amides is 1. The van der Waals surface area contributed by atoms with E-state index in [-0.39, 0.29) is 5.91 Å². The van der Waals surface area contributed by atoms with Crippen LogP contribution in [0.2, 0.25) is 0 Å². The molecule has 2 atom stereocenters. The standard InChI is InChI=1S/C15H24N2OS/c16-13(19)15(7-3-8-15)14(18)17-9-6-11-4-1-2-5-12(11)10-17/h11-12H,1-10H2,(H2,16,19). The first-order valence-corrected chi connectivity index (χ1v) is 8.13. The molecule has 3 fully saturated rings. The molecule has 106 valence electrons. The second-order valence-electron chi connectivity index (χ2n) is 6.64. The second kappa shape index (κ2) is 5.04. The number of fused-ring (bicyclic) bond motifs is 1. The van der Waals surface area contributed by atoms with Gasteiger partial charge in [0.15, 0.2) is 0 Å². The molecule has 1 heterocycles. The number of nitrogens with zero attached hydrogens (tertiary/aromatic N) is 1. The molecule has 1 aliphatic heterocycles. The minimum absolute atomic E-state index is 0.232. The fourth-order valence-corrected chi connectivity index (χ4v) is 4.48. The Hall–Kier alpha value is -0.640. The van der Waals surface area contributed by atoms with E-state index in [4.69, 9.17) is 18.0 Å². The van der Waals surface area contributed by atoms with Crippen LogP contribution >= 0.6 is 12.2 Å². The maximum atomic E-state index is 12.8. The summed E-state index contributed by atoms with van der Waals surface area (Å²) in [6, 6.07) is 0. The highest BCUT2D eigenvalue weighted by Crippen LogP contribution is 2.44. The Labute approximate surface area is 120 Å². The Morgan fingerprint density at radius 1 is 1.11 bits per heavy atom. The van der Waals surface area contributed by atoms with Crippen LogP contribution in [0.1, 0.15) is 51.4 Å². The van der Waals surface area contributed by atoms with Crippen LogP contribution in [0.15, 0.2) is 0 Å². The van der Waals surface area contributed by atoms with Gasteiger partial charge in [0, 0.05) is 13.1 Å². The summed E-state index contributed by atoms with van der Waals surface area (Å²) in [7, 11) is 0. The summed E-state index contributed by atoms with van der Waals surface area (Å²) in [5.74, 6) is 1.82. The molecule has 0 aromatic rings. The maximum absolute atomic E-state index is 12.8. The van der Waals surface area contributed by atoms with Crippen molar-refractivity contribution in [2.24, 2.45) is 23.0 Å². The summed E-state index contributed by atoms with van der Waals surface area (Å²) >= 11 is 5.17. The summed E-state index contributed by atoms with van der Waals surface area (Å²) < 4.78 is 0. The van der Waals surface area contributed by atoms with Gasteiger partial charge in [-0.1, -0.05) is 37.9 Å². The highest BCUT2D eigenvalue weighted by atomic mass is 32.1. The molecule has 2 N–H and O–H groups in total. The number of hydrogen-bond donors (Lipinski definition) is 1. The first-order valence-electron chi connectivity index (χ1n) is 7.73. The van der Waals surface area contributed by atoms with E-state index in [1.165, 1.54) is 32.1 Å². The molecule has 0 aromatic carbocycles. The van der Waals surface area contributed by atoms with Crippen LogP contribution in [-0.4, -0.2) is 28.9 Å². The number of thiocarbonyl (C=S) groups is 1. The molecular weight excluding hydrogens is 256 g/mol. The summed E-state index contributed by atoms with van der Waals surface area (Å²) in [5.41, 5.74) is 5.38. The van der Waals surface area contributed by atoms with Crippen molar-refractivity contribution in [1.82, 2.24) is 4.90 Å². The molecule has 2 unspecified atom stereocenters. The summed E-state index contributed by atoms with van der Waals surface area (Å²) in [4.78, 5) is 15.3. The van der Waals surface area contributed by atoms with Crippen molar-refractivity contribution in [3.05, 3.63) is 0 Å². The zero-order chi connectivity index (χ0) is 13.5. The van der Waals surface area contributed by atoms with Gasteiger partial charge in [-0.25, -0.2) is 0 Å². The lowest BCUT2D eigenvalue weighted by Gasteiger charge is -2.47. The summed E-state index contributed by atoms with van der Waals surface area (Å²) in [5, 5.41) is 0. The second-order valence-corrected chi connectivity index (χ2v) is 7.08. The molecule has 0 bridgehead atoms. The van der Waals surface area contributed by atoms with Crippen LogP contribution in [0.4, 0.5) is 0 Å².